The molecule has 1 aliphatic rings. The van der Waals surface area contributed by atoms with E-state index in [9.17, 15) is 9.59 Å². The van der Waals surface area contributed by atoms with Gasteiger partial charge in [-0.3, -0.25) is 9.69 Å². The minimum atomic E-state index is -0.496. The molecule has 30 heavy (non-hydrogen) atoms. The summed E-state index contributed by atoms with van der Waals surface area (Å²) >= 11 is 0. The summed E-state index contributed by atoms with van der Waals surface area (Å²) in [6, 6.07) is 15.2. The summed E-state index contributed by atoms with van der Waals surface area (Å²) < 4.78 is 10.4. The van der Waals surface area contributed by atoms with Crippen molar-refractivity contribution < 1.29 is 19.1 Å². The number of esters is 1. The van der Waals surface area contributed by atoms with E-state index in [1.54, 1.807) is 56.2 Å². The lowest BCUT2D eigenvalue weighted by atomic mass is 9.99. The van der Waals surface area contributed by atoms with Gasteiger partial charge in [-0.25, -0.2) is 4.79 Å². The van der Waals surface area contributed by atoms with Gasteiger partial charge in [0, 0.05) is 11.4 Å². The van der Waals surface area contributed by atoms with Crippen molar-refractivity contribution in [3.63, 3.8) is 0 Å². The van der Waals surface area contributed by atoms with Crippen LogP contribution < -0.4 is 9.64 Å². The molecule has 0 N–H and O–H groups in total. The van der Waals surface area contributed by atoms with Crippen molar-refractivity contribution in [2.24, 2.45) is 0 Å². The Balaban J connectivity index is 2.06. The summed E-state index contributed by atoms with van der Waals surface area (Å²) in [5.41, 5.74) is 3.91. The number of methoxy groups -OCH3 is 1. The molecule has 1 amide bonds. The molecule has 0 spiro atoms. The van der Waals surface area contributed by atoms with Crippen LogP contribution in [-0.2, 0) is 14.3 Å². The van der Waals surface area contributed by atoms with E-state index in [2.05, 4.69) is 13.8 Å². The average Bonchev–Trinajstić information content (AvgIpc) is 2.98. The summed E-state index contributed by atoms with van der Waals surface area (Å²) in [6.07, 6.45) is 1.76. The van der Waals surface area contributed by atoms with Crippen molar-refractivity contribution in [3.05, 3.63) is 76.5 Å². The van der Waals surface area contributed by atoms with Gasteiger partial charge in [-0.05, 0) is 61.2 Å². The van der Waals surface area contributed by atoms with Crippen LogP contribution in [0, 0.1) is 0 Å². The SMILES string of the molecule is CCOC(=O)C1=C(C)N(c2ccc(OC)cc2)C(=O)/C1=C/c1ccc(C(C)C)cc1. The van der Waals surface area contributed by atoms with Crippen molar-refractivity contribution >= 4 is 23.6 Å². The lowest BCUT2D eigenvalue weighted by molar-refractivity contribution is -0.138. The molecule has 5 nitrogen and oxygen atoms in total. The number of amides is 1. The number of allylic oxidation sites excluding steroid dienone is 1. The van der Waals surface area contributed by atoms with E-state index < -0.39 is 5.97 Å². The molecule has 2 aromatic rings. The predicted octanol–water partition coefficient (Wildman–Crippen LogP) is 5.09. The molecule has 5 heteroatoms. The Morgan fingerprint density at radius 3 is 2.23 bits per heavy atom. The lowest BCUT2D eigenvalue weighted by Crippen LogP contribution is -2.24. The largest absolute Gasteiger partial charge is 0.497 e. The van der Waals surface area contributed by atoms with Gasteiger partial charge >= 0.3 is 5.97 Å². The van der Waals surface area contributed by atoms with E-state index in [0.29, 0.717) is 34.2 Å². The Morgan fingerprint density at radius 1 is 1.07 bits per heavy atom. The monoisotopic (exact) mass is 405 g/mol. The van der Waals surface area contributed by atoms with Crippen LogP contribution in [0.4, 0.5) is 5.69 Å². The Hall–Kier alpha value is -3.34. The highest BCUT2D eigenvalue weighted by Crippen LogP contribution is 2.36. The molecule has 1 heterocycles. The van der Waals surface area contributed by atoms with Gasteiger partial charge in [0.15, 0.2) is 0 Å². The summed E-state index contributed by atoms with van der Waals surface area (Å²) in [6.45, 7) is 8.01. The van der Waals surface area contributed by atoms with Crippen LogP contribution in [0.25, 0.3) is 6.08 Å². The number of benzene rings is 2. The molecule has 1 aliphatic heterocycles. The van der Waals surface area contributed by atoms with Crippen LogP contribution in [0.1, 0.15) is 44.7 Å². The van der Waals surface area contributed by atoms with Crippen molar-refractivity contribution in [1.82, 2.24) is 0 Å². The second-order valence-electron chi connectivity index (χ2n) is 7.40. The third-order valence-electron chi connectivity index (χ3n) is 5.12. The third-order valence-corrected chi connectivity index (χ3v) is 5.12. The number of hydrogen-bond donors (Lipinski definition) is 0. The highest BCUT2D eigenvalue weighted by Gasteiger charge is 2.38. The molecule has 3 rings (SSSR count). The predicted molar refractivity (Wildman–Crippen MR) is 118 cm³/mol. The first-order valence-corrected chi connectivity index (χ1v) is 10.1. The molecule has 2 aromatic carbocycles. The molecule has 0 saturated carbocycles. The zero-order valence-corrected chi connectivity index (χ0v) is 18.1. The minimum Gasteiger partial charge on any atom is -0.497 e. The number of rotatable bonds is 6. The van der Waals surface area contributed by atoms with E-state index in [1.807, 2.05) is 24.3 Å². The molecule has 0 radical (unpaired) electrons. The van der Waals surface area contributed by atoms with Crippen LogP contribution >= 0.6 is 0 Å². The van der Waals surface area contributed by atoms with Gasteiger partial charge in [0.25, 0.3) is 5.91 Å². The number of carbonyl (C=O) groups is 2. The highest BCUT2D eigenvalue weighted by molar-refractivity contribution is 6.23. The number of carbonyl (C=O) groups excluding carboxylic acids is 2. The molecule has 0 bridgehead atoms. The molecule has 0 saturated heterocycles. The topological polar surface area (TPSA) is 55.8 Å². The van der Waals surface area contributed by atoms with Gasteiger partial charge in [-0.2, -0.15) is 0 Å². The van der Waals surface area contributed by atoms with Gasteiger partial charge in [0.1, 0.15) is 5.75 Å². The molecule has 0 unspecified atom stereocenters. The maximum absolute atomic E-state index is 13.3. The van der Waals surface area contributed by atoms with Crippen molar-refractivity contribution in [2.45, 2.75) is 33.6 Å². The van der Waals surface area contributed by atoms with Gasteiger partial charge in [0.05, 0.1) is 24.9 Å². The second-order valence-corrected chi connectivity index (χ2v) is 7.40. The van der Waals surface area contributed by atoms with Crippen LogP contribution in [0.15, 0.2) is 65.4 Å². The standard InChI is InChI=1S/C25H27NO4/c1-6-30-25(28)23-17(4)26(20-11-13-21(29-5)14-12-20)24(27)22(23)15-18-7-9-19(10-8-18)16(2)3/h7-16H,6H2,1-5H3/b22-15+. The molecule has 0 aliphatic carbocycles. The van der Waals surface area contributed by atoms with Gasteiger partial charge < -0.3 is 9.47 Å². The first-order valence-electron chi connectivity index (χ1n) is 10.1. The number of anilines is 1. The molecular formula is C25H27NO4. The van der Waals surface area contributed by atoms with Crippen LogP contribution in [0.3, 0.4) is 0 Å². The fraction of sp³-hybridized carbons (Fsp3) is 0.280. The van der Waals surface area contributed by atoms with E-state index in [-0.39, 0.29) is 12.5 Å². The van der Waals surface area contributed by atoms with Gasteiger partial charge in [-0.15, -0.1) is 0 Å². The first kappa shape index (κ1) is 21.4. The summed E-state index contributed by atoms with van der Waals surface area (Å²) in [4.78, 5) is 27.6. The summed E-state index contributed by atoms with van der Waals surface area (Å²) in [5, 5.41) is 0. The minimum absolute atomic E-state index is 0.239. The zero-order chi connectivity index (χ0) is 21.8. The second kappa shape index (κ2) is 8.99. The fourth-order valence-corrected chi connectivity index (χ4v) is 3.47. The highest BCUT2D eigenvalue weighted by atomic mass is 16.5. The number of ether oxygens (including phenoxy) is 2. The van der Waals surface area contributed by atoms with E-state index >= 15 is 0 Å². The Morgan fingerprint density at radius 2 is 1.70 bits per heavy atom. The quantitative estimate of drug-likeness (QED) is 0.496. The van der Waals surface area contributed by atoms with E-state index in [0.717, 1.165) is 5.56 Å². The van der Waals surface area contributed by atoms with Crippen LogP contribution in [0.5, 0.6) is 5.75 Å². The number of nitrogens with zero attached hydrogens (tertiary/aromatic N) is 1. The Bertz CT molecular complexity index is 998. The average molecular weight is 405 g/mol. The zero-order valence-electron chi connectivity index (χ0n) is 18.1. The third kappa shape index (κ3) is 4.15. The molecular weight excluding hydrogens is 378 g/mol. The van der Waals surface area contributed by atoms with Crippen molar-refractivity contribution in [2.75, 3.05) is 18.6 Å². The van der Waals surface area contributed by atoms with E-state index in [4.69, 9.17) is 9.47 Å². The maximum Gasteiger partial charge on any atom is 0.340 e. The summed E-state index contributed by atoms with van der Waals surface area (Å²) in [5.74, 6) is 0.360. The van der Waals surface area contributed by atoms with Crippen LogP contribution in [0.2, 0.25) is 0 Å². The Labute approximate surface area is 177 Å². The maximum atomic E-state index is 13.3. The molecule has 0 fully saturated rings. The number of hydrogen-bond acceptors (Lipinski definition) is 4. The molecule has 0 atom stereocenters. The Kier molecular flexibility index (Phi) is 6.40. The normalized spacial score (nSPS) is 15.3. The lowest BCUT2D eigenvalue weighted by Gasteiger charge is -2.18. The molecule has 0 aromatic heterocycles. The van der Waals surface area contributed by atoms with E-state index in [1.165, 1.54) is 5.56 Å². The van der Waals surface area contributed by atoms with Crippen LogP contribution in [-0.4, -0.2) is 25.6 Å². The smallest absolute Gasteiger partial charge is 0.340 e. The first-order chi connectivity index (χ1) is 14.4. The van der Waals surface area contributed by atoms with Crippen molar-refractivity contribution in [1.29, 1.82) is 0 Å². The fourth-order valence-electron chi connectivity index (χ4n) is 3.47. The van der Waals surface area contributed by atoms with Gasteiger partial charge in [0.2, 0.25) is 0 Å². The van der Waals surface area contributed by atoms with Gasteiger partial charge in [-0.1, -0.05) is 38.1 Å². The molecule has 156 valence electrons. The summed E-state index contributed by atoms with van der Waals surface area (Å²) in [7, 11) is 1.59. The van der Waals surface area contributed by atoms with Crippen molar-refractivity contribution in [3.8, 4) is 5.75 Å².